The minimum atomic E-state index is -0.322. The Labute approximate surface area is 101 Å². The second kappa shape index (κ2) is 5.35. The standard InChI is InChI=1S/C9H8ClN5O2/c10-7-2-1-6(13-14-7)9(16)11-4-3-8-12-5-17-15-8/h1-2,5H,3-4H2,(H,11,16). The van der Waals surface area contributed by atoms with Crippen molar-refractivity contribution in [3.63, 3.8) is 0 Å². The second-order valence-electron chi connectivity index (χ2n) is 3.09. The molecule has 2 aromatic heterocycles. The average molecular weight is 254 g/mol. The van der Waals surface area contributed by atoms with Crippen LogP contribution in [0.5, 0.6) is 0 Å². The number of carbonyl (C=O) groups excluding carboxylic acids is 1. The number of aromatic nitrogens is 4. The van der Waals surface area contributed by atoms with E-state index >= 15 is 0 Å². The Bertz CT molecular complexity index is 485. The molecule has 2 rings (SSSR count). The number of nitrogens with zero attached hydrogens (tertiary/aromatic N) is 4. The van der Waals surface area contributed by atoms with Crippen molar-refractivity contribution in [1.29, 1.82) is 0 Å². The van der Waals surface area contributed by atoms with Gasteiger partial charge in [0.2, 0.25) is 6.39 Å². The zero-order valence-corrected chi connectivity index (χ0v) is 9.39. The largest absolute Gasteiger partial charge is 0.350 e. The molecule has 0 atom stereocenters. The summed E-state index contributed by atoms with van der Waals surface area (Å²) in [5.41, 5.74) is 0.211. The minimum Gasteiger partial charge on any atom is -0.350 e. The Balaban J connectivity index is 1.83. The molecule has 17 heavy (non-hydrogen) atoms. The van der Waals surface area contributed by atoms with E-state index in [1.54, 1.807) is 0 Å². The normalized spacial score (nSPS) is 10.2. The van der Waals surface area contributed by atoms with Crippen LogP contribution in [0.15, 0.2) is 23.0 Å². The summed E-state index contributed by atoms with van der Waals surface area (Å²) in [5, 5.41) is 13.7. The van der Waals surface area contributed by atoms with E-state index in [2.05, 4.69) is 30.2 Å². The van der Waals surface area contributed by atoms with Gasteiger partial charge in [-0.3, -0.25) is 4.79 Å². The summed E-state index contributed by atoms with van der Waals surface area (Å²) < 4.78 is 4.56. The van der Waals surface area contributed by atoms with Gasteiger partial charge in [-0.15, -0.1) is 10.2 Å². The van der Waals surface area contributed by atoms with Crippen molar-refractivity contribution in [3.05, 3.63) is 35.2 Å². The van der Waals surface area contributed by atoms with Crippen LogP contribution in [0, 0.1) is 0 Å². The van der Waals surface area contributed by atoms with E-state index in [0.717, 1.165) is 0 Å². The van der Waals surface area contributed by atoms with Crippen LogP contribution in [0.4, 0.5) is 0 Å². The highest BCUT2D eigenvalue weighted by molar-refractivity contribution is 6.29. The van der Waals surface area contributed by atoms with E-state index in [1.165, 1.54) is 18.5 Å². The van der Waals surface area contributed by atoms with Crippen molar-refractivity contribution in [2.24, 2.45) is 0 Å². The first-order chi connectivity index (χ1) is 8.25. The second-order valence-corrected chi connectivity index (χ2v) is 3.48. The molecule has 0 radical (unpaired) electrons. The maximum Gasteiger partial charge on any atom is 0.271 e. The van der Waals surface area contributed by atoms with Gasteiger partial charge in [0.25, 0.3) is 5.91 Å². The van der Waals surface area contributed by atoms with Crippen molar-refractivity contribution in [3.8, 4) is 0 Å². The van der Waals surface area contributed by atoms with E-state index in [9.17, 15) is 4.79 Å². The molecule has 2 heterocycles. The molecule has 0 aliphatic rings. The number of nitrogens with one attached hydrogen (secondary N) is 1. The first-order valence-electron chi connectivity index (χ1n) is 4.78. The summed E-state index contributed by atoms with van der Waals surface area (Å²) in [4.78, 5) is 15.4. The Morgan fingerprint density at radius 1 is 1.41 bits per heavy atom. The Kier molecular flexibility index (Phi) is 3.61. The lowest BCUT2D eigenvalue weighted by Gasteiger charge is -2.01. The Hall–Kier alpha value is -2.02. The van der Waals surface area contributed by atoms with Crippen molar-refractivity contribution in [1.82, 2.24) is 25.7 Å². The molecule has 0 saturated heterocycles. The van der Waals surface area contributed by atoms with Gasteiger partial charge in [0, 0.05) is 13.0 Å². The summed E-state index contributed by atoms with van der Waals surface area (Å²) >= 11 is 5.56. The number of hydrogen-bond donors (Lipinski definition) is 1. The molecule has 0 aliphatic heterocycles. The van der Waals surface area contributed by atoms with Gasteiger partial charge in [0.05, 0.1) is 0 Å². The SMILES string of the molecule is O=C(NCCc1ncon1)c1ccc(Cl)nn1. The Morgan fingerprint density at radius 2 is 2.29 bits per heavy atom. The highest BCUT2D eigenvalue weighted by Crippen LogP contribution is 2.01. The fourth-order valence-corrected chi connectivity index (χ4v) is 1.22. The van der Waals surface area contributed by atoms with Crippen molar-refractivity contribution < 1.29 is 9.32 Å². The van der Waals surface area contributed by atoms with Crippen LogP contribution < -0.4 is 5.32 Å². The van der Waals surface area contributed by atoms with Gasteiger partial charge >= 0.3 is 0 Å². The number of carbonyl (C=O) groups is 1. The molecule has 0 aliphatic carbocycles. The van der Waals surface area contributed by atoms with E-state index in [4.69, 9.17) is 11.6 Å². The number of halogens is 1. The molecule has 0 bridgehead atoms. The van der Waals surface area contributed by atoms with Crippen molar-refractivity contribution in [2.45, 2.75) is 6.42 Å². The molecular formula is C9H8ClN5O2. The molecule has 88 valence electrons. The van der Waals surface area contributed by atoms with E-state index in [1.807, 2.05) is 0 Å². The van der Waals surface area contributed by atoms with E-state index < -0.39 is 0 Å². The fourth-order valence-electron chi connectivity index (χ4n) is 1.12. The first-order valence-corrected chi connectivity index (χ1v) is 5.16. The lowest BCUT2D eigenvalue weighted by Crippen LogP contribution is -2.27. The maximum atomic E-state index is 11.6. The molecule has 7 nitrogen and oxygen atoms in total. The summed E-state index contributed by atoms with van der Waals surface area (Å²) in [7, 11) is 0. The summed E-state index contributed by atoms with van der Waals surface area (Å²) in [6.45, 7) is 0.392. The van der Waals surface area contributed by atoms with Crippen LogP contribution in [0.2, 0.25) is 5.15 Å². The predicted octanol–water partition coefficient (Wildman–Crippen LogP) is 0.485. The highest BCUT2D eigenvalue weighted by atomic mass is 35.5. The molecule has 8 heteroatoms. The molecular weight excluding hydrogens is 246 g/mol. The van der Waals surface area contributed by atoms with Crippen LogP contribution in [-0.4, -0.2) is 32.8 Å². The van der Waals surface area contributed by atoms with E-state index in [0.29, 0.717) is 18.8 Å². The summed E-state index contributed by atoms with van der Waals surface area (Å²) in [6, 6.07) is 3.00. The molecule has 2 aromatic rings. The average Bonchev–Trinajstić information content (AvgIpc) is 2.83. The van der Waals surface area contributed by atoms with Gasteiger partial charge in [-0.25, -0.2) is 0 Å². The van der Waals surface area contributed by atoms with Gasteiger partial charge in [-0.2, -0.15) is 4.98 Å². The number of rotatable bonds is 4. The summed E-state index contributed by atoms with van der Waals surface area (Å²) in [6.07, 6.45) is 1.73. The molecule has 0 aromatic carbocycles. The van der Waals surface area contributed by atoms with Crippen LogP contribution in [0.25, 0.3) is 0 Å². The lowest BCUT2D eigenvalue weighted by atomic mass is 10.3. The summed E-state index contributed by atoms with van der Waals surface area (Å²) in [5.74, 6) is 0.213. The van der Waals surface area contributed by atoms with Crippen LogP contribution in [0.1, 0.15) is 16.3 Å². The first kappa shape index (κ1) is 11.5. The molecule has 0 unspecified atom stereocenters. The van der Waals surface area contributed by atoms with Crippen LogP contribution >= 0.6 is 11.6 Å². The molecule has 1 N–H and O–H groups in total. The van der Waals surface area contributed by atoms with Crippen molar-refractivity contribution in [2.75, 3.05) is 6.54 Å². The molecule has 0 saturated carbocycles. The molecule has 0 fully saturated rings. The van der Waals surface area contributed by atoms with Crippen molar-refractivity contribution >= 4 is 17.5 Å². The minimum absolute atomic E-state index is 0.211. The van der Waals surface area contributed by atoms with Gasteiger partial charge in [-0.05, 0) is 12.1 Å². The quantitative estimate of drug-likeness (QED) is 0.852. The van der Waals surface area contributed by atoms with Gasteiger partial charge in [0.1, 0.15) is 0 Å². The van der Waals surface area contributed by atoms with Gasteiger partial charge in [0.15, 0.2) is 16.7 Å². The fraction of sp³-hybridized carbons (Fsp3) is 0.222. The molecule has 0 spiro atoms. The van der Waals surface area contributed by atoms with Gasteiger partial charge in [-0.1, -0.05) is 16.8 Å². The molecule has 1 amide bonds. The highest BCUT2D eigenvalue weighted by Gasteiger charge is 2.07. The van der Waals surface area contributed by atoms with Crippen LogP contribution in [-0.2, 0) is 6.42 Å². The zero-order chi connectivity index (χ0) is 12.1. The number of hydrogen-bond acceptors (Lipinski definition) is 6. The van der Waals surface area contributed by atoms with Crippen LogP contribution in [0.3, 0.4) is 0 Å². The number of amides is 1. The smallest absolute Gasteiger partial charge is 0.271 e. The maximum absolute atomic E-state index is 11.6. The van der Waals surface area contributed by atoms with Gasteiger partial charge < -0.3 is 9.84 Å². The monoisotopic (exact) mass is 253 g/mol. The third kappa shape index (κ3) is 3.22. The lowest BCUT2D eigenvalue weighted by molar-refractivity contribution is 0.0948. The third-order valence-corrected chi connectivity index (χ3v) is 2.11. The zero-order valence-electron chi connectivity index (χ0n) is 8.63. The topological polar surface area (TPSA) is 93.8 Å². The Morgan fingerprint density at radius 3 is 2.94 bits per heavy atom. The predicted molar refractivity (Wildman–Crippen MR) is 57.4 cm³/mol. The van der Waals surface area contributed by atoms with E-state index in [-0.39, 0.29) is 16.8 Å². The third-order valence-electron chi connectivity index (χ3n) is 1.91.